The van der Waals surface area contributed by atoms with E-state index in [1.165, 1.54) is 0 Å². The minimum atomic E-state index is -3.18. The number of carbonyl (C=O) groups excluding carboxylic acids is 1. The molecule has 1 aromatic rings. The van der Waals surface area contributed by atoms with Crippen LogP contribution in [0.5, 0.6) is 0 Å². The molecule has 1 amide bonds. The molecule has 0 spiro atoms. The van der Waals surface area contributed by atoms with Crippen LogP contribution >= 0.6 is 0 Å². The molecule has 1 aliphatic rings. The lowest BCUT2D eigenvalue weighted by atomic mass is 10.0. The Morgan fingerprint density at radius 2 is 1.95 bits per heavy atom. The van der Waals surface area contributed by atoms with E-state index in [-0.39, 0.29) is 5.75 Å². The van der Waals surface area contributed by atoms with Crippen molar-refractivity contribution in [1.82, 2.24) is 0 Å². The van der Waals surface area contributed by atoms with Crippen molar-refractivity contribution in [3.8, 4) is 0 Å². The van der Waals surface area contributed by atoms with Gasteiger partial charge < -0.3 is 10.4 Å². The Bertz CT molecular complexity index is 704. The van der Waals surface area contributed by atoms with Crippen LogP contribution in [-0.4, -0.2) is 31.7 Å². The molecular weight excluding hydrogens is 294 g/mol. The van der Waals surface area contributed by atoms with E-state index >= 15 is 0 Å². The van der Waals surface area contributed by atoms with Crippen molar-refractivity contribution in [1.29, 1.82) is 0 Å². The molecule has 7 heteroatoms. The Morgan fingerprint density at radius 1 is 1.33 bits per heavy atom. The van der Waals surface area contributed by atoms with E-state index in [9.17, 15) is 18.0 Å². The molecule has 6 nitrogen and oxygen atoms in total. The molecule has 2 N–H and O–H groups in total. The van der Waals surface area contributed by atoms with Crippen LogP contribution in [0.1, 0.15) is 24.0 Å². The molecule has 0 atom stereocenters. The second kappa shape index (κ2) is 5.14. The van der Waals surface area contributed by atoms with Gasteiger partial charge in [-0.05, 0) is 37.0 Å². The second-order valence-corrected chi connectivity index (χ2v) is 7.64. The summed E-state index contributed by atoms with van der Waals surface area (Å²) in [5.74, 6) is -1.79. The lowest BCUT2D eigenvalue weighted by Gasteiger charge is -2.15. The van der Waals surface area contributed by atoms with Crippen molar-refractivity contribution in [2.24, 2.45) is 5.41 Å². The highest BCUT2D eigenvalue weighted by molar-refractivity contribution is 7.89. The SMILES string of the molecule is Cc1c(CS(C)(=O)=O)cccc1NC(=O)C1(C(=O)O)CC1. The summed E-state index contributed by atoms with van der Waals surface area (Å²) in [6, 6.07) is 4.95. The maximum absolute atomic E-state index is 12.1. The number of hydrogen-bond donors (Lipinski definition) is 2. The minimum Gasteiger partial charge on any atom is -0.480 e. The second-order valence-electron chi connectivity index (χ2n) is 5.50. The highest BCUT2D eigenvalue weighted by Crippen LogP contribution is 2.46. The molecule has 0 unspecified atom stereocenters. The zero-order valence-corrected chi connectivity index (χ0v) is 12.7. The molecule has 0 aromatic heterocycles. The zero-order chi connectivity index (χ0) is 15.8. The predicted octanol–water partition coefficient (Wildman–Crippen LogP) is 1.34. The Morgan fingerprint density at radius 3 is 2.43 bits per heavy atom. The Balaban J connectivity index is 2.24. The van der Waals surface area contributed by atoms with Gasteiger partial charge in [0.15, 0.2) is 9.84 Å². The predicted molar refractivity (Wildman–Crippen MR) is 77.7 cm³/mol. The molecule has 21 heavy (non-hydrogen) atoms. The van der Waals surface area contributed by atoms with Crippen molar-refractivity contribution in [2.45, 2.75) is 25.5 Å². The highest BCUT2D eigenvalue weighted by atomic mass is 32.2. The summed E-state index contributed by atoms with van der Waals surface area (Å²) < 4.78 is 22.8. The van der Waals surface area contributed by atoms with Gasteiger partial charge in [0.25, 0.3) is 0 Å². The molecule has 0 saturated heterocycles. The first-order valence-electron chi connectivity index (χ1n) is 6.47. The number of amides is 1. The van der Waals surface area contributed by atoms with Gasteiger partial charge in [-0.2, -0.15) is 0 Å². The first-order chi connectivity index (χ1) is 9.66. The summed E-state index contributed by atoms with van der Waals surface area (Å²) in [4.78, 5) is 23.2. The van der Waals surface area contributed by atoms with Crippen LogP contribution in [0.4, 0.5) is 5.69 Å². The van der Waals surface area contributed by atoms with Gasteiger partial charge in [-0.1, -0.05) is 12.1 Å². The summed E-state index contributed by atoms with van der Waals surface area (Å²) in [7, 11) is -3.18. The number of carbonyl (C=O) groups is 2. The van der Waals surface area contributed by atoms with Crippen LogP contribution in [0.15, 0.2) is 18.2 Å². The fourth-order valence-electron chi connectivity index (χ4n) is 2.16. The number of sulfone groups is 1. The van der Waals surface area contributed by atoms with Crippen molar-refractivity contribution in [2.75, 3.05) is 11.6 Å². The summed E-state index contributed by atoms with van der Waals surface area (Å²) in [5.41, 5.74) is 0.362. The van der Waals surface area contributed by atoms with Gasteiger partial charge in [-0.3, -0.25) is 9.59 Å². The van der Waals surface area contributed by atoms with Gasteiger partial charge in [-0.15, -0.1) is 0 Å². The van der Waals surface area contributed by atoms with E-state index in [4.69, 9.17) is 5.11 Å². The first kappa shape index (κ1) is 15.5. The van der Waals surface area contributed by atoms with E-state index in [0.29, 0.717) is 29.7 Å². The minimum absolute atomic E-state index is 0.118. The third-order valence-corrected chi connectivity index (χ3v) is 4.54. The largest absolute Gasteiger partial charge is 0.480 e. The molecule has 114 valence electrons. The van der Waals surface area contributed by atoms with Crippen molar-refractivity contribution >= 4 is 27.4 Å². The average Bonchev–Trinajstić information content (AvgIpc) is 3.13. The summed E-state index contributed by atoms with van der Waals surface area (Å²) in [6.45, 7) is 1.70. The lowest BCUT2D eigenvalue weighted by Crippen LogP contribution is -2.31. The number of benzene rings is 1. The number of hydrogen-bond acceptors (Lipinski definition) is 4. The normalized spacial score (nSPS) is 16.3. The van der Waals surface area contributed by atoms with Crippen LogP contribution in [0.25, 0.3) is 0 Å². The van der Waals surface area contributed by atoms with Crippen LogP contribution in [-0.2, 0) is 25.2 Å². The average molecular weight is 311 g/mol. The number of rotatable bonds is 5. The molecule has 0 heterocycles. The number of carboxylic acids is 1. The molecule has 1 aromatic carbocycles. The van der Waals surface area contributed by atoms with Crippen molar-refractivity contribution in [3.05, 3.63) is 29.3 Å². The molecular formula is C14H17NO5S. The molecule has 0 bridgehead atoms. The van der Waals surface area contributed by atoms with E-state index in [1.54, 1.807) is 25.1 Å². The molecule has 0 aliphatic heterocycles. The van der Waals surface area contributed by atoms with Gasteiger partial charge in [0.05, 0.1) is 5.75 Å². The van der Waals surface area contributed by atoms with Gasteiger partial charge in [0.2, 0.25) is 5.91 Å². The molecule has 0 radical (unpaired) electrons. The number of nitrogens with one attached hydrogen (secondary N) is 1. The smallest absolute Gasteiger partial charge is 0.319 e. The number of anilines is 1. The van der Waals surface area contributed by atoms with Crippen LogP contribution in [0.3, 0.4) is 0 Å². The Hall–Kier alpha value is -1.89. The monoisotopic (exact) mass is 311 g/mol. The van der Waals surface area contributed by atoms with E-state index in [2.05, 4.69) is 5.32 Å². The maximum Gasteiger partial charge on any atom is 0.319 e. The fraction of sp³-hybridized carbons (Fsp3) is 0.429. The van der Waals surface area contributed by atoms with Gasteiger partial charge in [0.1, 0.15) is 5.41 Å². The van der Waals surface area contributed by atoms with E-state index in [1.807, 2.05) is 0 Å². The number of aliphatic carboxylic acids is 1. The van der Waals surface area contributed by atoms with E-state index < -0.39 is 27.1 Å². The maximum atomic E-state index is 12.1. The summed E-state index contributed by atoms with van der Waals surface area (Å²) >= 11 is 0. The van der Waals surface area contributed by atoms with E-state index in [0.717, 1.165) is 6.26 Å². The molecule has 2 rings (SSSR count). The standard InChI is InChI=1S/C14H17NO5S/c1-9-10(8-21(2,19)20)4-3-5-11(9)15-12(16)14(6-7-14)13(17)18/h3-5H,6-8H2,1-2H3,(H,15,16)(H,17,18). The topological polar surface area (TPSA) is 101 Å². The zero-order valence-electron chi connectivity index (χ0n) is 11.8. The van der Waals surface area contributed by atoms with Crippen LogP contribution in [0, 0.1) is 12.3 Å². The molecule has 1 fully saturated rings. The van der Waals surface area contributed by atoms with Gasteiger partial charge in [0, 0.05) is 11.9 Å². The quantitative estimate of drug-likeness (QED) is 0.799. The Kier molecular flexibility index (Phi) is 3.79. The summed E-state index contributed by atoms with van der Waals surface area (Å²) in [5, 5.41) is 11.7. The molecule has 1 saturated carbocycles. The van der Waals surface area contributed by atoms with Gasteiger partial charge >= 0.3 is 5.97 Å². The van der Waals surface area contributed by atoms with Crippen LogP contribution in [0.2, 0.25) is 0 Å². The summed E-state index contributed by atoms with van der Waals surface area (Å²) in [6.07, 6.45) is 1.80. The lowest BCUT2D eigenvalue weighted by molar-refractivity contribution is -0.147. The Labute approximate surface area is 123 Å². The first-order valence-corrected chi connectivity index (χ1v) is 8.53. The van der Waals surface area contributed by atoms with Crippen molar-refractivity contribution in [3.63, 3.8) is 0 Å². The van der Waals surface area contributed by atoms with Gasteiger partial charge in [-0.25, -0.2) is 8.42 Å². The third-order valence-electron chi connectivity index (χ3n) is 3.71. The fourth-order valence-corrected chi connectivity index (χ4v) is 3.04. The van der Waals surface area contributed by atoms with Crippen molar-refractivity contribution < 1.29 is 23.1 Å². The van der Waals surface area contributed by atoms with Crippen LogP contribution < -0.4 is 5.32 Å². The number of carboxylic acid groups (broad SMARTS) is 1. The highest BCUT2D eigenvalue weighted by Gasteiger charge is 2.57. The molecule has 1 aliphatic carbocycles. The third kappa shape index (κ3) is 3.24.